The van der Waals surface area contributed by atoms with Crippen molar-refractivity contribution < 1.29 is 39.5 Å². The van der Waals surface area contributed by atoms with Gasteiger partial charge in [-0.1, -0.05) is 12.1 Å². The van der Waals surface area contributed by atoms with Gasteiger partial charge in [0.15, 0.2) is 0 Å². The van der Waals surface area contributed by atoms with Crippen molar-refractivity contribution in [1.29, 1.82) is 0 Å². The van der Waals surface area contributed by atoms with E-state index in [0.717, 1.165) is 24.6 Å². The Kier molecular flexibility index (Phi) is 25.9. The molecule has 1 fully saturated rings. The second-order valence-corrected chi connectivity index (χ2v) is 3.75. The Labute approximate surface area is 156 Å². The van der Waals surface area contributed by atoms with Crippen LogP contribution in [-0.2, 0) is 39.5 Å². The van der Waals surface area contributed by atoms with E-state index in [4.69, 9.17) is 19.1 Å². The number of hydrogen-bond donors (Lipinski definition) is 0. The average molecular weight is 499 g/mol. The van der Waals surface area contributed by atoms with E-state index in [1.807, 2.05) is 36.4 Å². The Bertz CT molecular complexity index is 421. The normalized spacial score (nSPS) is 10.3. The molecule has 3 heterocycles. The number of pyridine rings is 2. The summed E-state index contributed by atoms with van der Waals surface area (Å²) < 4.78 is 4.94. The first-order valence-electron chi connectivity index (χ1n) is 6.48. The number of carbonyl (C=O) groups excluding carboxylic acids is 3. The van der Waals surface area contributed by atoms with Crippen LogP contribution in [-0.4, -0.2) is 43.5 Å². The summed E-state index contributed by atoms with van der Waals surface area (Å²) in [6, 6.07) is 11.6. The van der Waals surface area contributed by atoms with Gasteiger partial charge in [0.2, 0.25) is 0 Å². The van der Waals surface area contributed by atoms with E-state index in [2.05, 4.69) is 30.3 Å². The van der Waals surface area contributed by atoms with E-state index in [0.29, 0.717) is 0 Å². The van der Waals surface area contributed by atoms with Crippen molar-refractivity contribution in [3.63, 3.8) is 0 Å². The average Bonchev–Trinajstić information content (AvgIpc) is 3.28. The molecule has 1 saturated heterocycles. The van der Waals surface area contributed by atoms with Gasteiger partial charge in [-0.3, -0.25) is 9.97 Å². The molecule has 0 spiro atoms. The maximum absolute atomic E-state index is 7.50. The summed E-state index contributed by atoms with van der Waals surface area (Å²) in [6.07, 6.45) is 6.09. The predicted octanol–water partition coefficient (Wildman–Crippen LogP) is 1.75. The van der Waals surface area contributed by atoms with Crippen molar-refractivity contribution in [3.05, 3.63) is 48.8 Å². The van der Waals surface area contributed by atoms with Crippen LogP contribution in [0.1, 0.15) is 12.8 Å². The van der Waals surface area contributed by atoms with Crippen LogP contribution >= 0.6 is 0 Å². The summed E-state index contributed by atoms with van der Waals surface area (Å²) in [6.45, 7) is 15.5. The second-order valence-electron chi connectivity index (χ2n) is 3.75. The van der Waals surface area contributed by atoms with Crippen molar-refractivity contribution >= 4 is 20.4 Å². The SMILES string of the molecule is C1CCOC1.[C-]=O.[C-]=O.[C-]=O.[Re].c1ccc(-c2ccccn2)nc1. The maximum Gasteiger partial charge on any atom is 0.0886 e. The van der Waals surface area contributed by atoms with Crippen LogP contribution in [0.15, 0.2) is 48.8 Å². The molecular weight excluding hydrogens is 482 g/mol. The van der Waals surface area contributed by atoms with E-state index in [-0.39, 0.29) is 20.4 Å². The zero-order chi connectivity index (χ0) is 17.8. The molecule has 4 radical (unpaired) electrons. The fourth-order valence-electron chi connectivity index (χ4n) is 1.54. The van der Waals surface area contributed by atoms with Crippen LogP contribution in [0, 0.1) is 0 Å². The maximum atomic E-state index is 7.50. The molecule has 24 heavy (non-hydrogen) atoms. The Morgan fingerprint density at radius 3 is 1.29 bits per heavy atom. The van der Waals surface area contributed by atoms with Crippen LogP contribution in [0.2, 0.25) is 0 Å². The molecule has 0 unspecified atom stereocenters. The monoisotopic (exact) mass is 499 g/mol. The Balaban J connectivity index is -0.000000311. The summed E-state index contributed by atoms with van der Waals surface area (Å²) in [7, 11) is 0. The van der Waals surface area contributed by atoms with Gasteiger partial charge in [-0.05, 0) is 37.1 Å². The first-order chi connectivity index (χ1) is 11.5. The first kappa shape index (κ1) is 26.8. The van der Waals surface area contributed by atoms with Gasteiger partial charge in [0.25, 0.3) is 0 Å². The van der Waals surface area contributed by atoms with Crippen molar-refractivity contribution in [2.75, 3.05) is 13.2 Å². The van der Waals surface area contributed by atoms with Crippen molar-refractivity contribution in [2.24, 2.45) is 0 Å². The van der Waals surface area contributed by atoms with Gasteiger partial charge >= 0.3 is 0 Å². The van der Waals surface area contributed by atoms with Crippen molar-refractivity contribution in [2.45, 2.75) is 12.8 Å². The number of nitrogens with zero attached hydrogens (tertiary/aromatic N) is 2. The van der Waals surface area contributed by atoms with E-state index in [1.165, 1.54) is 12.8 Å². The zero-order valence-corrected chi connectivity index (χ0v) is 15.6. The third-order valence-electron chi connectivity index (χ3n) is 2.42. The third kappa shape index (κ3) is 13.6. The molecule has 1 aliphatic rings. The minimum Gasteiger partial charge on any atom is -0.573 e. The molecule has 128 valence electrons. The van der Waals surface area contributed by atoms with Gasteiger partial charge in [0, 0.05) is 46.0 Å². The molecule has 0 amide bonds. The van der Waals surface area contributed by atoms with Crippen LogP contribution in [0.3, 0.4) is 0 Å². The summed E-state index contributed by atoms with van der Waals surface area (Å²) in [4.78, 5) is 30.9. The first-order valence-corrected chi connectivity index (χ1v) is 6.48. The fraction of sp³-hybridized carbons (Fsp3) is 0.235. The molecule has 0 atom stereocenters. The van der Waals surface area contributed by atoms with Gasteiger partial charge in [0.05, 0.1) is 11.4 Å². The number of rotatable bonds is 1. The van der Waals surface area contributed by atoms with Gasteiger partial charge in [0.1, 0.15) is 0 Å². The van der Waals surface area contributed by atoms with Crippen LogP contribution in [0.5, 0.6) is 0 Å². The number of hydrogen-bond acceptors (Lipinski definition) is 6. The Morgan fingerprint density at radius 2 is 1.08 bits per heavy atom. The molecule has 1 aliphatic heterocycles. The van der Waals surface area contributed by atoms with Crippen molar-refractivity contribution in [3.8, 4) is 11.4 Å². The molecule has 0 aromatic carbocycles. The number of aromatic nitrogens is 2. The summed E-state index contributed by atoms with van der Waals surface area (Å²) in [5.41, 5.74) is 1.83. The number of ether oxygens (including phenoxy) is 1. The predicted molar refractivity (Wildman–Crippen MR) is 84.6 cm³/mol. The standard InChI is InChI=1S/C10H8N2.C4H8O.3CO.Re/c1-3-7-11-9(5-1)10-6-2-4-8-12-10;1-2-4-5-3-1;3*1-2;/h1-8H;1-4H2;;;;/q;;3*-1;. The van der Waals surface area contributed by atoms with Gasteiger partial charge in [-0.2, -0.15) is 0 Å². The minimum atomic E-state index is 0. The fourth-order valence-corrected chi connectivity index (χ4v) is 1.54. The topological polar surface area (TPSA) is 86.2 Å². The van der Waals surface area contributed by atoms with E-state index in [9.17, 15) is 0 Å². The smallest absolute Gasteiger partial charge is 0.0886 e. The summed E-state index contributed by atoms with van der Waals surface area (Å²) in [5.74, 6) is 0. The molecule has 7 heteroatoms. The molecule has 0 aliphatic carbocycles. The quantitative estimate of drug-likeness (QED) is 0.557. The van der Waals surface area contributed by atoms with Crippen LogP contribution in [0.4, 0.5) is 0 Å². The van der Waals surface area contributed by atoms with Crippen LogP contribution < -0.4 is 0 Å². The Hall–Kier alpha value is -2.07. The summed E-state index contributed by atoms with van der Waals surface area (Å²) >= 11 is 0. The van der Waals surface area contributed by atoms with Gasteiger partial charge < -0.3 is 39.5 Å². The molecule has 2 aromatic rings. The molecular formula is C17H16N2O4Re-3. The molecule has 2 aromatic heterocycles. The van der Waals surface area contributed by atoms with E-state index < -0.39 is 0 Å². The third-order valence-corrected chi connectivity index (χ3v) is 2.42. The zero-order valence-electron chi connectivity index (χ0n) is 12.9. The van der Waals surface area contributed by atoms with Crippen LogP contribution in [0.25, 0.3) is 11.4 Å². The molecule has 0 bridgehead atoms. The van der Waals surface area contributed by atoms with Gasteiger partial charge in [-0.25, -0.2) is 0 Å². The van der Waals surface area contributed by atoms with Crippen molar-refractivity contribution in [1.82, 2.24) is 9.97 Å². The largest absolute Gasteiger partial charge is 0.573 e. The Morgan fingerprint density at radius 1 is 0.708 bits per heavy atom. The van der Waals surface area contributed by atoms with E-state index >= 15 is 0 Å². The molecule has 0 N–H and O–H groups in total. The minimum absolute atomic E-state index is 0. The molecule has 3 rings (SSSR count). The molecule has 0 saturated carbocycles. The van der Waals surface area contributed by atoms with Gasteiger partial charge in [-0.15, -0.1) is 0 Å². The van der Waals surface area contributed by atoms with E-state index in [1.54, 1.807) is 12.4 Å². The molecule has 6 nitrogen and oxygen atoms in total. The summed E-state index contributed by atoms with van der Waals surface area (Å²) in [5, 5.41) is 0. The second kappa shape index (κ2) is 23.2.